The minimum absolute atomic E-state index is 0.251. The van der Waals surface area contributed by atoms with Gasteiger partial charge in [0.1, 0.15) is 0 Å². The van der Waals surface area contributed by atoms with E-state index in [0.29, 0.717) is 0 Å². The van der Waals surface area contributed by atoms with E-state index in [1.807, 2.05) is 24.3 Å². The zero-order valence-electron chi connectivity index (χ0n) is 12.9. The van der Waals surface area contributed by atoms with Gasteiger partial charge < -0.3 is 5.73 Å². The normalized spacial score (nSPS) is 12.0. The van der Waals surface area contributed by atoms with Crippen LogP contribution in [0.5, 0.6) is 0 Å². The summed E-state index contributed by atoms with van der Waals surface area (Å²) in [7, 11) is 0. The maximum absolute atomic E-state index is 5.75. The minimum atomic E-state index is 0.251. The van der Waals surface area contributed by atoms with Crippen molar-refractivity contribution in [3.8, 4) is 0 Å². The van der Waals surface area contributed by atoms with Crippen molar-refractivity contribution in [3.63, 3.8) is 0 Å². The fourth-order valence-electron chi connectivity index (χ4n) is 2.44. The van der Waals surface area contributed by atoms with Gasteiger partial charge in [0, 0.05) is 16.6 Å². The highest BCUT2D eigenvalue weighted by Gasteiger charge is 2.12. The first-order valence-corrected chi connectivity index (χ1v) is 8.50. The summed E-state index contributed by atoms with van der Waals surface area (Å²) >= 11 is 1.65. The Kier molecular flexibility index (Phi) is 5.35. The molecule has 1 atom stereocenters. The monoisotopic (exact) mass is 320 g/mol. The molecular weight excluding hydrogens is 300 g/mol. The summed E-state index contributed by atoms with van der Waals surface area (Å²) < 4.78 is 3.60. The number of hydrogen-bond acceptors (Lipinski definition) is 3. The highest BCUT2D eigenvalue weighted by molar-refractivity contribution is 7.97. The van der Waals surface area contributed by atoms with Crippen molar-refractivity contribution < 1.29 is 0 Å². The standard InChI is InChI=1S/C20H20N2S/c21-18-11-13-19(14-12-18)23-22-20(17-9-5-2-6-10-17)15-16-7-3-1-4-8-16/h1-14,20,22H,15,21H2. The number of rotatable bonds is 6. The number of benzene rings is 3. The molecule has 0 aliphatic heterocycles. The Morgan fingerprint density at radius 1 is 0.783 bits per heavy atom. The van der Waals surface area contributed by atoms with Crippen LogP contribution < -0.4 is 10.5 Å². The predicted molar refractivity (Wildman–Crippen MR) is 99.2 cm³/mol. The van der Waals surface area contributed by atoms with Crippen LogP contribution in [0, 0.1) is 0 Å². The maximum atomic E-state index is 5.75. The van der Waals surface area contributed by atoms with Crippen LogP contribution in [0.2, 0.25) is 0 Å². The Hall–Kier alpha value is -2.23. The van der Waals surface area contributed by atoms with Crippen LogP contribution in [0.1, 0.15) is 17.2 Å². The lowest BCUT2D eigenvalue weighted by atomic mass is 10.00. The van der Waals surface area contributed by atoms with Crippen LogP contribution in [-0.4, -0.2) is 0 Å². The van der Waals surface area contributed by atoms with E-state index >= 15 is 0 Å². The van der Waals surface area contributed by atoms with Crippen molar-refractivity contribution in [2.45, 2.75) is 17.4 Å². The largest absolute Gasteiger partial charge is 0.399 e. The lowest BCUT2D eigenvalue weighted by molar-refractivity contribution is 0.672. The van der Waals surface area contributed by atoms with Gasteiger partial charge in [-0.3, -0.25) is 4.72 Å². The number of anilines is 1. The Morgan fingerprint density at radius 3 is 2.04 bits per heavy atom. The van der Waals surface area contributed by atoms with Crippen LogP contribution >= 0.6 is 11.9 Å². The zero-order valence-corrected chi connectivity index (χ0v) is 13.7. The van der Waals surface area contributed by atoms with Gasteiger partial charge in [-0.05, 0) is 53.8 Å². The number of nitrogens with two attached hydrogens (primary N) is 1. The fourth-order valence-corrected chi connectivity index (χ4v) is 3.21. The summed E-state index contributed by atoms with van der Waals surface area (Å²) in [5, 5.41) is 0. The molecule has 0 aliphatic rings. The molecular formula is C20H20N2S. The van der Waals surface area contributed by atoms with E-state index in [1.165, 1.54) is 11.1 Å². The van der Waals surface area contributed by atoms with E-state index in [2.05, 4.69) is 65.4 Å². The zero-order chi connectivity index (χ0) is 15.9. The Bertz CT molecular complexity index is 712. The molecule has 0 saturated carbocycles. The van der Waals surface area contributed by atoms with Crippen LogP contribution in [0.15, 0.2) is 89.8 Å². The molecule has 2 nitrogen and oxygen atoms in total. The van der Waals surface area contributed by atoms with Crippen molar-refractivity contribution in [2.75, 3.05) is 5.73 Å². The Balaban J connectivity index is 1.74. The first-order valence-electron chi connectivity index (χ1n) is 7.68. The molecule has 0 heterocycles. The number of nitrogen functional groups attached to an aromatic ring is 1. The average Bonchev–Trinajstić information content (AvgIpc) is 2.61. The second-order valence-electron chi connectivity index (χ2n) is 5.44. The first kappa shape index (κ1) is 15.7. The van der Waals surface area contributed by atoms with Crippen LogP contribution in [0.25, 0.3) is 0 Å². The van der Waals surface area contributed by atoms with Crippen LogP contribution in [0.3, 0.4) is 0 Å². The summed E-state index contributed by atoms with van der Waals surface area (Å²) in [5.41, 5.74) is 9.15. The van der Waals surface area contributed by atoms with E-state index in [-0.39, 0.29) is 6.04 Å². The summed E-state index contributed by atoms with van der Waals surface area (Å²) in [6.45, 7) is 0. The van der Waals surface area contributed by atoms with E-state index in [0.717, 1.165) is 17.0 Å². The van der Waals surface area contributed by atoms with Gasteiger partial charge in [0.05, 0.1) is 0 Å². The third-order valence-electron chi connectivity index (χ3n) is 3.68. The van der Waals surface area contributed by atoms with Crippen LogP contribution in [0.4, 0.5) is 5.69 Å². The van der Waals surface area contributed by atoms with Gasteiger partial charge in [0.2, 0.25) is 0 Å². The SMILES string of the molecule is Nc1ccc(SNC(Cc2ccccc2)c2ccccc2)cc1. The average molecular weight is 320 g/mol. The molecule has 3 aromatic carbocycles. The van der Waals surface area contributed by atoms with Crippen LogP contribution in [-0.2, 0) is 6.42 Å². The molecule has 3 aromatic rings. The van der Waals surface area contributed by atoms with Gasteiger partial charge in [-0.1, -0.05) is 60.7 Å². The molecule has 0 aliphatic carbocycles. The van der Waals surface area contributed by atoms with Gasteiger partial charge >= 0.3 is 0 Å². The molecule has 0 saturated heterocycles. The molecule has 116 valence electrons. The lowest BCUT2D eigenvalue weighted by Crippen LogP contribution is -2.16. The fraction of sp³-hybridized carbons (Fsp3) is 0.100. The maximum Gasteiger partial charge on any atom is 0.0465 e. The smallest absolute Gasteiger partial charge is 0.0465 e. The summed E-state index contributed by atoms with van der Waals surface area (Å²) in [5.74, 6) is 0. The second-order valence-corrected chi connectivity index (χ2v) is 6.35. The van der Waals surface area contributed by atoms with Gasteiger partial charge in [-0.2, -0.15) is 0 Å². The Morgan fingerprint density at radius 2 is 1.39 bits per heavy atom. The predicted octanol–water partition coefficient (Wildman–Crippen LogP) is 4.85. The lowest BCUT2D eigenvalue weighted by Gasteiger charge is -2.19. The molecule has 0 spiro atoms. The second kappa shape index (κ2) is 7.86. The van der Waals surface area contributed by atoms with Crippen molar-refractivity contribution in [1.29, 1.82) is 0 Å². The van der Waals surface area contributed by atoms with Crippen molar-refractivity contribution >= 4 is 17.6 Å². The summed E-state index contributed by atoms with van der Waals surface area (Å²) in [4.78, 5) is 1.16. The molecule has 0 bridgehead atoms. The van der Waals surface area contributed by atoms with E-state index < -0.39 is 0 Å². The summed E-state index contributed by atoms with van der Waals surface area (Å²) in [6.07, 6.45) is 0.951. The first-order chi connectivity index (χ1) is 11.3. The van der Waals surface area contributed by atoms with E-state index in [9.17, 15) is 0 Å². The molecule has 0 radical (unpaired) electrons. The third kappa shape index (κ3) is 4.62. The molecule has 23 heavy (non-hydrogen) atoms. The highest BCUT2D eigenvalue weighted by Crippen LogP contribution is 2.24. The van der Waals surface area contributed by atoms with Gasteiger partial charge in [0.25, 0.3) is 0 Å². The molecule has 3 rings (SSSR count). The number of nitrogens with one attached hydrogen (secondary N) is 1. The highest BCUT2D eigenvalue weighted by atomic mass is 32.2. The molecule has 1 unspecified atom stereocenters. The molecule has 0 fully saturated rings. The van der Waals surface area contributed by atoms with Crippen molar-refractivity contribution in [1.82, 2.24) is 4.72 Å². The van der Waals surface area contributed by atoms with Gasteiger partial charge in [-0.25, -0.2) is 0 Å². The quantitative estimate of drug-likeness (QED) is 0.504. The van der Waals surface area contributed by atoms with Gasteiger partial charge in [-0.15, -0.1) is 0 Å². The topological polar surface area (TPSA) is 38.0 Å². The minimum Gasteiger partial charge on any atom is -0.399 e. The Labute approximate surface area is 141 Å². The molecule has 3 N–H and O–H groups in total. The van der Waals surface area contributed by atoms with E-state index in [1.54, 1.807) is 11.9 Å². The van der Waals surface area contributed by atoms with Gasteiger partial charge in [0.15, 0.2) is 0 Å². The molecule has 3 heteroatoms. The molecule has 0 aromatic heterocycles. The van der Waals surface area contributed by atoms with E-state index in [4.69, 9.17) is 5.73 Å². The number of hydrogen-bond donors (Lipinski definition) is 2. The van der Waals surface area contributed by atoms with Crippen molar-refractivity contribution in [2.24, 2.45) is 0 Å². The summed E-state index contributed by atoms with van der Waals surface area (Å²) in [6, 6.07) is 29.3. The third-order valence-corrected chi connectivity index (χ3v) is 4.59. The molecule has 0 amide bonds. The van der Waals surface area contributed by atoms with Crippen molar-refractivity contribution in [3.05, 3.63) is 96.1 Å².